The minimum Gasteiger partial charge on any atom is -0.398 e. The molecule has 0 fully saturated rings. The van der Waals surface area contributed by atoms with Gasteiger partial charge in [0.15, 0.2) is 21.3 Å². The van der Waals surface area contributed by atoms with Gasteiger partial charge in [-0.25, -0.2) is 8.42 Å². The zero-order chi connectivity index (χ0) is 11.9. The van der Waals surface area contributed by atoms with E-state index in [1.165, 1.54) is 6.26 Å². The van der Waals surface area contributed by atoms with Crippen LogP contribution in [-0.4, -0.2) is 29.3 Å². The van der Waals surface area contributed by atoms with Crippen LogP contribution >= 0.6 is 0 Å². The number of nitrogens with two attached hydrogens (primary N) is 1. The second-order valence-corrected chi connectivity index (χ2v) is 6.09. The van der Waals surface area contributed by atoms with E-state index in [4.69, 9.17) is 5.73 Å². The molecule has 1 atom stereocenters. The lowest BCUT2D eigenvalue weighted by molar-refractivity contribution is 0.588. The lowest BCUT2D eigenvalue weighted by Crippen LogP contribution is -2.11. The summed E-state index contributed by atoms with van der Waals surface area (Å²) in [5.74, 6) is 0.379. The number of nitrogens with zero attached hydrogens (tertiary/aromatic N) is 3. The molecule has 0 aliphatic rings. The topological polar surface area (TPSA) is 90.3 Å². The first-order valence-corrected chi connectivity index (χ1v) is 6.64. The third-order valence-electron chi connectivity index (χ3n) is 2.46. The highest BCUT2D eigenvalue weighted by atomic mass is 32.2. The van der Waals surface area contributed by atoms with Gasteiger partial charge in [-0.15, -0.1) is 10.2 Å². The van der Waals surface area contributed by atoms with E-state index < -0.39 is 15.1 Å². The van der Waals surface area contributed by atoms with Crippen LogP contribution in [0.3, 0.4) is 0 Å². The Hall–Kier alpha value is -1.63. The average Bonchev–Trinajstić information content (AvgIpc) is 2.57. The molecule has 2 N–H and O–H groups in total. The molecule has 2 aromatic heterocycles. The van der Waals surface area contributed by atoms with Crippen LogP contribution in [0.4, 0.5) is 5.69 Å². The van der Waals surface area contributed by atoms with Gasteiger partial charge in [0, 0.05) is 18.1 Å². The molecule has 16 heavy (non-hydrogen) atoms. The number of nitrogen functional groups attached to an aromatic ring is 1. The summed E-state index contributed by atoms with van der Waals surface area (Å²) in [5.41, 5.74) is 6.75. The molecular weight excluding hydrogens is 228 g/mol. The maximum Gasteiger partial charge on any atom is 0.160 e. The van der Waals surface area contributed by atoms with Gasteiger partial charge in [-0.1, -0.05) is 0 Å². The predicted octanol–water partition coefficient (Wildman–Crippen LogP) is 0.417. The van der Waals surface area contributed by atoms with E-state index in [0.717, 1.165) is 0 Å². The third kappa shape index (κ3) is 1.73. The van der Waals surface area contributed by atoms with Crippen molar-refractivity contribution in [1.82, 2.24) is 14.6 Å². The maximum absolute atomic E-state index is 11.4. The molecule has 0 spiro atoms. The fraction of sp³-hybridized carbons (Fsp3) is 0.333. The molecule has 86 valence electrons. The average molecular weight is 240 g/mol. The van der Waals surface area contributed by atoms with E-state index in [9.17, 15) is 8.42 Å². The Morgan fingerprint density at radius 3 is 2.69 bits per heavy atom. The van der Waals surface area contributed by atoms with Crippen molar-refractivity contribution in [3.63, 3.8) is 0 Å². The van der Waals surface area contributed by atoms with E-state index >= 15 is 0 Å². The van der Waals surface area contributed by atoms with E-state index in [2.05, 4.69) is 10.2 Å². The van der Waals surface area contributed by atoms with Gasteiger partial charge in [0.05, 0.1) is 0 Å². The molecule has 0 aromatic carbocycles. The van der Waals surface area contributed by atoms with Crippen LogP contribution in [0.2, 0.25) is 0 Å². The molecular formula is C9H12N4O2S. The smallest absolute Gasteiger partial charge is 0.160 e. The Labute approximate surface area is 93.0 Å². The highest BCUT2D eigenvalue weighted by Gasteiger charge is 2.22. The zero-order valence-electron chi connectivity index (χ0n) is 8.95. The first-order valence-electron chi connectivity index (χ1n) is 4.68. The quantitative estimate of drug-likeness (QED) is 0.821. The number of aromatic nitrogens is 3. The van der Waals surface area contributed by atoms with Gasteiger partial charge in [-0.3, -0.25) is 4.40 Å². The summed E-state index contributed by atoms with van der Waals surface area (Å²) in [7, 11) is -3.19. The summed E-state index contributed by atoms with van der Waals surface area (Å²) < 4.78 is 24.5. The van der Waals surface area contributed by atoms with Crippen molar-refractivity contribution in [3.05, 3.63) is 24.2 Å². The van der Waals surface area contributed by atoms with E-state index in [0.29, 0.717) is 17.2 Å². The first kappa shape index (κ1) is 10.9. The molecule has 0 aliphatic carbocycles. The number of hydrogen-bond donors (Lipinski definition) is 1. The fourth-order valence-electron chi connectivity index (χ4n) is 1.39. The van der Waals surface area contributed by atoms with Crippen molar-refractivity contribution in [2.45, 2.75) is 12.2 Å². The first-order chi connectivity index (χ1) is 7.39. The van der Waals surface area contributed by atoms with Crippen LogP contribution in [0.5, 0.6) is 0 Å². The molecule has 0 saturated heterocycles. The Morgan fingerprint density at radius 1 is 1.38 bits per heavy atom. The van der Waals surface area contributed by atoms with Crippen LogP contribution in [0.1, 0.15) is 18.0 Å². The van der Waals surface area contributed by atoms with E-state index in [1.807, 2.05) is 0 Å². The van der Waals surface area contributed by atoms with E-state index in [1.54, 1.807) is 29.7 Å². The van der Waals surface area contributed by atoms with Crippen molar-refractivity contribution >= 4 is 21.2 Å². The highest BCUT2D eigenvalue weighted by molar-refractivity contribution is 7.90. The molecule has 2 rings (SSSR count). The summed E-state index contributed by atoms with van der Waals surface area (Å²) in [6.07, 6.45) is 2.79. The molecule has 0 amide bonds. The molecule has 6 nitrogen and oxygen atoms in total. The van der Waals surface area contributed by atoms with Crippen LogP contribution in [0.25, 0.3) is 5.65 Å². The molecule has 2 heterocycles. The number of rotatable bonds is 2. The molecule has 0 bridgehead atoms. The van der Waals surface area contributed by atoms with Gasteiger partial charge in [-0.05, 0) is 19.1 Å². The molecule has 7 heteroatoms. The van der Waals surface area contributed by atoms with Crippen LogP contribution in [0, 0.1) is 0 Å². The van der Waals surface area contributed by atoms with E-state index in [-0.39, 0.29) is 0 Å². The molecule has 2 aromatic rings. The molecule has 0 aliphatic heterocycles. The lowest BCUT2D eigenvalue weighted by atomic mass is 10.4. The van der Waals surface area contributed by atoms with Crippen molar-refractivity contribution in [2.24, 2.45) is 0 Å². The molecule has 0 saturated carbocycles. The summed E-state index contributed by atoms with van der Waals surface area (Å²) in [6.45, 7) is 1.58. The van der Waals surface area contributed by atoms with Gasteiger partial charge in [0.1, 0.15) is 5.25 Å². The highest BCUT2D eigenvalue weighted by Crippen LogP contribution is 2.20. The third-order valence-corrected chi connectivity index (χ3v) is 3.95. The minimum absolute atomic E-state index is 0.379. The number of sulfone groups is 1. The monoisotopic (exact) mass is 240 g/mol. The van der Waals surface area contributed by atoms with Gasteiger partial charge in [0.2, 0.25) is 0 Å². The van der Waals surface area contributed by atoms with Crippen molar-refractivity contribution in [3.8, 4) is 0 Å². The SMILES string of the molecule is CC(c1nnc2ccc(N)cn12)S(C)(=O)=O. The summed E-state index contributed by atoms with van der Waals surface area (Å²) in [6, 6.07) is 3.39. The zero-order valence-corrected chi connectivity index (χ0v) is 9.77. The Balaban J connectivity index is 2.66. The summed E-state index contributed by atoms with van der Waals surface area (Å²) in [4.78, 5) is 0. The minimum atomic E-state index is -3.19. The Kier molecular flexibility index (Phi) is 2.34. The standard InChI is InChI=1S/C9H12N4O2S/c1-6(16(2,14)15)9-12-11-8-4-3-7(10)5-13(8)9/h3-6H,10H2,1-2H3. The lowest BCUT2D eigenvalue weighted by Gasteiger charge is -2.07. The van der Waals surface area contributed by atoms with Gasteiger partial charge in [-0.2, -0.15) is 0 Å². The molecule has 1 unspecified atom stereocenters. The van der Waals surface area contributed by atoms with Crippen LogP contribution in [-0.2, 0) is 9.84 Å². The van der Waals surface area contributed by atoms with Crippen molar-refractivity contribution in [1.29, 1.82) is 0 Å². The Bertz CT molecular complexity index is 632. The summed E-state index contributed by atoms with van der Waals surface area (Å²) in [5, 5.41) is 7.06. The number of pyridine rings is 1. The fourth-order valence-corrected chi connectivity index (χ4v) is 1.94. The molecule has 0 radical (unpaired) electrons. The van der Waals surface area contributed by atoms with Gasteiger partial charge >= 0.3 is 0 Å². The maximum atomic E-state index is 11.4. The van der Waals surface area contributed by atoms with Gasteiger partial charge < -0.3 is 5.73 Å². The van der Waals surface area contributed by atoms with Crippen molar-refractivity contribution < 1.29 is 8.42 Å². The van der Waals surface area contributed by atoms with Crippen LogP contribution in [0.15, 0.2) is 18.3 Å². The second kappa shape index (κ2) is 3.44. The predicted molar refractivity (Wildman–Crippen MR) is 60.7 cm³/mol. The van der Waals surface area contributed by atoms with Crippen molar-refractivity contribution in [2.75, 3.05) is 12.0 Å². The normalized spacial score (nSPS) is 14.1. The van der Waals surface area contributed by atoms with Crippen LogP contribution < -0.4 is 5.73 Å². The van der Waals surface area contributed by atoms with Gasteiger partial charge in [0.25, 0.3) is 0 Å². The Morgan fingerprint density at radius 2 is 2.06 bits per heavy atom. The summed E-state index contributed by atoms with van der Waals surface area (Å²) >= 11 is 0. The number of hydrogen-bond acceptors (Lipinski definition) is 5. The number of anilines is 1. The largest absolute Gasteiger partial charge is 0.398 e. The second-order valence-electron chi connectivity index (χ2n) is 3.72. The number of fused-ring (bicyclic) bond motifs is 1.